The number of rotatable bonds is 6. The summed E-state index contributed by atoms with van der Waals surface area (Å²) in [6.07, 6.45) is 0.586. The standard InChI is InChI=1S/C22H24N2O4/c1-13(2)15-4-6-16(7-5-15)24-22(26)18-10-17(18)21(25)23-11-14-3-8-19-20(9-14)28-12-27-19/h3-9,13,17-18H,10-12H2,1-2H3,(H,23,25)(H,24,26). The lowest BCUT2D eigenvalue weighted by Crippen LogP contribution is -2.27. The summed E-state index contributed by atoms with van der Waals surface area (Å²) in [6, 6.07) is 13.4. The van der Waals surface area contributed by atoms with Crippen molar-refractivity contribution in [1.29, 1.82) is 0 Å². The van der Waals surface area contributed by atoms with Gasteiger partial charge in [-0.25, -0.2) is 0 Å². The first kappa shape index (κ1) is 18.3. The van der Waals surface area contributed by atoms with Gasteiger partial charge in [0.25, 0.3) is 0 Å². The van der Waals surface area contributed by atoms with E-state index < -0.39 is 0 Å². The Hall–Kier alpha value is -3.02. The Balaban J connectivity index is 1.26. The van der Waals surface area contributed by atoms with Crippen molar-refractivity contribution in [2.24, 2.45) is 11.8 Å². The third-order valence-electron chi connectivity index (χ3n) is 5.21. The molecular weight excluding hydrogens is 356 g/mol. The van der Waals surface area contributed by atoms with Crippen molar-refractivity contribution < 1.29 is 19.1 Å². The number of hydrogen-bond donors (Lipinski definition) is 2. The van der Waals surface area contributed by atoms with E-state index in [1.807, 2.05) is 42.5 Å². The first-order chi connectivity index (χ1) is 13.5. The van der Waals surface area contributed by atoms with E-state index >= 15 is 0 Å². The summed E-state index contributed by atoms with van der Waals surface area (Å²) in [5.41, 5.74) is 2.93. The first-order valence-corrected chi connectivity index (χ1v) is 9.58. The highest BCUT2D eigenvalue weighted by molar-refractivity contribution is 5.99. The zero-order valence-corrected chi connectivity index (χ0v) is 16.0. The molecule has 1 aliphatic heterocycles. The van der Waals surface area contributed by atoms with Crippen molar-refractivity contribution in [1.82, 2.24) is 5.32 Å². The van der Waals surface area contributed by atoms with Crippen molar-refractivity contribution in [2.45, 2.75) is 32.7 Å². The van der Waals surface area contributed by atoms with Crippen LogP contribution in [0.15, 0.2) is 42.5 Å². The average Bonchev–Trinajstić information content (AvgIpc) is 3.37. The van der Waals surface area contributed by atoms with Crippen LogP contribution >= 0.6 is 0 Å². The van der Waals surface area contributed by atoms with Crippen molar-refractivity contribution in [2.75, 3.05) is 12.1 Å². The van der Waals surface area contributed by atoms with Crippen LogP contribution in [0.5, 0.6) is 11.5 Å². The summed E-state index contributed by atoms with van der Waals surface area (Å²) >= 11 is 0. The summed E-state index contributed by atoms with van der Waals surface area (Å²) < 4.78 is 10.6. The fourth-order valence-corrected chi connectivity index (χ4v) is 3.33. The number of carbonyl (C=O) groups excluding carboxylic acids is 2. The Bertz CT molecular complexity index is 892. The molecule has 0 radical (unpaired) electrons. The highest BCUT2D eigenvalue weighted by atomic mass is 16.7. The Kier molecular flexibility index (Phi) is 4.94. The molecule has 2 aromatic rings. The van der Waals surface area contributed by atoms with E-state index in [2.05, 4.69) is 24.5 Å². The van der Waals surface area contributed by atoms with Gasteiger partial charge in [-0.2, -0.15) is 0 Å². The van der Waals surface area contributed by atoms with E-state index in [9.17, 15) is 9.59 Å². The van der Waals surface area contributed by atoms with Crippen LogP contribution in [-0.4, -0.2) is 18.6 Å². The van der Waals surface area contributed by atoms with Crippen molar-refractivity contribution in [3.8, 4) is 11.5 Å². The van der Waals surface area contributed by atoms with Gasteiger partial charge < -0.3 is 20.1 Å². The summed E-state index contributed by atoms with van der Waals surface area (Å²) in [4.78, 5) is 24.7. The Morgan fingerprint density at radius 1 is 1.00 bits per heavy atom. The third-order valence-corrected chi connectivity index (χ3v) is 5.21. The number of hydrogen-bond acceptors (Lipinski definition) is 4. The van der Waals surface area contributed by atoms with E-state index in [4.69, 9.17) is 9.47 Å². The van der Waals surface area contributed by atoms with Crippen LogP contribution in [-0.2, 0) is 16.1 Å². The minimum atomic E-state index is -0.262. The van der Waals surface area contributed by atoms with E-state index in [-0.39, 0.29) is 30.4 Å². The predicted octanol–water partition coefficient (Wildman–Crippen LogP) is 3.43. The van der Waals surface area contributed by atoms with E-state index in [0.717, 1.165) is 17.0 Å². The van der Waals surface area contributed by atoms with Crippen LogP contribution in [0.25, 0.3) is 0 Å². The summed E-state index contributed by atoms with van der Waals surface area (Å²) in [5, 5.41) is 5.81. The lowest BCUT2D eigenvalue weighted by molar-refractivity contribution is -0.125. The lowest BCUT2D eigenvalue weighted by atomic mass is 10.0. The molecule has 0 saturated heterocycles. The number of amides is 2. The Morgan fingerprint density at radius 2 is 1.71 bits per heavy atom. The second-order valence-electron chi connectivity index (χ2n) is 7.62. The number of ether oxygens (including phenoxy) is 2. The summed E-state index contributed by atoms with van der Waals surface area (Å²) in [5.74, 6) is 1.15. The number of fused-ring (bicyclic) bond motifs is 1. The van der Waals surface area contributed by atoms with Crippen LogP contribution < -0.4 is 20.1 Å². The molecule has 146 valence electrons. The summed E-state index contributed by atoms with van der Waals surface area (Å²) in [7, 11) is 0. The van der Waals surface area contributed by atoms with Crippen LogP contribution in [0.2, 0.25) is 0 Å². The number of anilines is 1. The molecule has 2 N–H and O–H groups in total. The van der Waals surface area contributed by atoms with Crippen molar-refractivity contribution in [3.05, 3.63) is 53.6 Å². The van der Waals surface area contributed by atoms with E-state index in [1.165, 1.54) is 5.56 Å². The van der Waals surface area contributed by atoms with Crippen LogP contribution in [0.4, 0.5) is 5.69 Å². The zero-order valence-electron chi connectivity index (χ0n) is 16.0. The van der Waals surface area contributed by atoms with Crippen molar-refractivity contribution in [3.63, 3.8) is 0 Å². The molecule has 2 atom stereocenters. The van der Waals surface area contributed by atoms with Gasteiger partial charge in [0.15, 0.2) is 11.5 Å². The van der Waals surface area contributed by atoms with Gasteiger partial charge in [0.05, 0.1) is 11.8 Å². The topological polar surface area (TPSA) is 76.7 Å². The quantitative estimate of drug-likeness (QED) is 0.805. The predicted molar refractivity (Wildman–Crippen MR) is 105 cm³/mol. The molecule has 28 heavy (non-hydrogen) atoms. The van der Waals surface area contributed by atoms with Crippen LogP contribution in [0, 0.1) is 11.8 Å². The molecule has 1 aliphatic carbocycles. The minimum Gasteiger partial charge on any atom is -0.454 e. The van der Waals surface area contributed by atoms with Gasteiger partial charge >= 0.3 is 0 Å². The molecule has 0 spiro atoms. The molecule has 0 aromatic heterocycles. The maximum Gasteiger partial charge on any atom is 0.231 e. The number of carbonyl (C=O) groups is 2. The molecule has 6 heteroatoms. The van der Waals surface area contributed by atoms with Gasteiger partial charge in [0.2, 0.25) is 18.6 Å². The SMILES string of the molecule is CC(C)c1ccc(NC(=O)C2CC2C(=O)NCc2ccc3c(c2)OCO3)cc1. The van der Waals surface area contributed by atoms with Gasteiger partial charge in [-0.3, -0.25) is 9.59 Å². The fourth-order valence-electron chi connectivity index (χ4n) is 3.33. The fraction of sp³-hybridized carbons (Fsp3) is 0.364. The highest BCUT2D eigenvalue weighted by Gasteiger charge is 2.47. The Morgan fingerprint density at radius 3 is 2.46 bits per heavy atom. The molecule has 1 fully saturated rings. The maximum absolute atomic E-state index is 12.4. The molecule has 4 rings (SSSR count). The number of nitrogens with one attached hydrogen (secondary N) is 2. The number of benzene rings is 2. The van der Waals surface area contributed by atoms with Gasteiger partial charge in [-0.1, -0.05) is 32.0 Å². The van der Waals surface area contributed by atoms with Gasteiger partial charge in [0, 0.05) is 12.2 Å². The molecule has 0 bridgehead atoms. The third kappa shape index (κ3) is 3.96. The zero-order chi connectivity index (χ0) is 19.7. The normalized spacial score (nSPS) is 19.4. The smallest absolute Gasteiger partial charge is 0.231 e. The van der Waals surface area contributed by atoms with Crippen LogP contribution in [0.1, 0.15) is 37.3 Å². The van der Waals surface area contributed by atoms with Crippen molar-refractivity contribution >= 4 is 17.5 Å². The Labute approximate surface area is 164 Å². The average molecular weight is 380 g/mol. The molecule has 2 amide bonds. The molecule has 2 unspecified atom stereocenters. The minimum absolute atomic E-state index is 0.0898. The second-order valence-corrected chi connectivity index (χ2v) is 7.62. The van der Waals surface area contributed by atoms with Gasteiger partial charge in [0.1, 0.15) is 0 Å². The largest absolute Gasteiger partial charge is 0.454 e. The van der Waals surface area contributed by atoms with Crippen LogP contribution in [0.3, 0.4) is 0 Å². The summed E-state index contributed by atoms with van der Waals surface area (Å²) in [6.45, 7) is 4.89. The lowest BCUT2D eigenvalue weighted by Gasteiger charge is -2.09. The molecule has 2 aliphatic rings. The van der Waals surface area contributed by atoms with Gasteiger partial charge in [-0.15, -0.1) is 0 Å². The molecule has 6 nitrogen and oxygen atoms in total. The molecule has 1 saturated carbocycles. The molecule has 1 heterocycles. The molecule has 2 aromatic carbocycles. The second kappa shape index (κ2) is 7.54. The monoisotopic (exact) mass is 380 g/mol. The maximum atomic E-state index is 12.4. The first-order valence-electron chi connectivity index (χ1n) is 9.58. The van der Waals surface area contributed by atoms with E-state index in [1.54, 1.807) is 0 Å². The van der Waals surface area contributed by atoms with Gasteiger partial charge in [-0.05, 0) is 47.7 Å². The van der Waals surface area contributed by atoms with E-state index in [0.29, 0.717) is 24.6 Å². The highest BCUT2D eigenvalue weighted by Crippen LogP contribution is 2.39. The molecular formula is C22H24N2O4.